The van der Waals surface area contributed by atoms with E-state index in [0.717, 1.165) is 0 Å². The van der Waals surface area contributed by atoms with Gasteiger partial charge in [0.2, 0.25) is 11.1 Å². The Hall–Kier alpha value is -1.02. The zero-order valence-electron chi connectivity index (χ0n) is 9.70. The molecular weight excluding hydrogens is 264 g/mol. The van der Waals surface area contributed by atoms with Crippen LogP contribution >= 0.6 is 0 Å². The number of aromatic amines is 1. The third-order valence-electron chi connectivity index (χ3n) is 3.13. The highest BCUT2D eigenvalue weighted by Gasteiger charge is 2.35. The summed E-state index contributed by atoms with van der Waals surface area (Å²) >= 11 is 0. The van der Waals surface area contributed by atoms with Crippen molar-refractivity contribution < 1.29 is 17.2 Å². The molecule has 0 saturated heterocycles. The van der Waals surface area contributed by atoms with Crippen molar-refractivity contribution in [3.8, 4) is 0 Å². The lowest BCUT2D eigenvalue weighted by atomic mass is 9.87. The van der Waals surface area contributed by atoms with E-state index in [1.54, 1.807) is 0 Å². The van der Waals surface area contributed by atoms with E-state index in [0.29, 0.717) is 12.8 Å². The van der Waals surface area contributed by atoms with Gasteiger partial charge in [0.25, 0.3) is 10.0 Å². The Balaban J connectivity index is 1.86. The average molecular weight is 279 g/mol. The van der Waals surface area contributed by atoms with Crippen LogP contribution in [0, 0.1) is 5.92 Å². The Morgan fingerprint density at radius 2 is 2.11 bits per heavy atom. The fourth-order valence-electron chi connectivity index (χ4n) is 2.00. The van der Waals surface area contributed by atoms with Gasteiger partial charge in [0.05, 0.1) is 0 Å². The van der Waals surface area contributed by atoms with E-state index >= 15 is 0 Å². The second-order valence-corrected chi connectivity index (χ2v) is 6.23. The normalized spacial score (nSPS) is 21.0. The number of hydrogen-bond donors (Lipinski definition) is 2. The van der Waals surface area contributed by atoms with Gasteiger partial charge in [-0.15, -0.1) is 0 Å². The Labute approximate surface area is 104 Å². The van der Waals surface area contributed by atoms with E-state index in [-0.39, 0.29) is 30.5 Å². The summed E-state index contributed by atoms with van der Waals surface area (Å²) in [4.78, 5) is 6.15. The molecule has 0 aromatic carbocycles. The summed E-state index contributed by atoms with van der Waals surface area (Å²) in [6.45, 7) is 0.180. The molecule has 1 aliphatic carbocycles. The summed E-state index contributed by atoms with van der Waals surface area (Å²) in [5.74, 6) is -2.62. The van der Waals surface area contributed by atoms with E-state index in [9.17, 15) is 17.2 Å². The quantitative estimate of drug-likeness (QED) is 0.877. The largest absolute Gasteiger partial charge is 0.334 e. The van der Waals surface area contributed by atoms with Crippen molar-refractivity contribution in [2.75, 3.05) is 6.54 Å². The first-order chi connectivity index (χ1) is 8.39. The zero-order valence-corrected chi connectivity index (χ0v) is 10.5. The smallest absolute Gasteiger partial charge is 0.274 e. The first-order valence-electron chi connectivity index (χ1n) is 5.76. The van der Waals surface area contributed by atoms with Crippen molar-refractivity contribution in [3.05, 3.63) is 12.4 Å². The molecule has 1 aromatic rings. The third kappa shape index (κ3) is 3.26. The van der Waals surface area contributed by atoms with Crippen LogP contribution < -0.4 is 4.72 Å². The standard InChI is InChI=1S/C10H15F2N3O2S/c11-10(12)3-1-8(2-4-10)7-15-18(16,17)9-13-5-6-14-9/h5-6,8,15H,1-4,7H2,(H,13,14). The van der Waals surface area contributed by atoms with Crippen LogP contribution in [0.25, 0.3) is 0 Å². The lowest BCUT2D eigenvalue weighted by Gasteiger charge is -2.28. The van der Waals surface area contributed by atoms with Gasteiger partial charge in [0.15, 0.2) is 0 Å². The maximum atomic E-state index is 12.9. The second-order valence-electron chi connectivity index (χ2n) is 4.55. The molecule has 0 spiro atoms. The van der Waals surface area contributed by atoms with Crippen LogP contribution in [0.15, 0.2) is 17.6 Å². The number of imidazole rings is 1. The van der Waals surface area contributed by atoms with Gasteiger partial charge in [-0.25, -0.2) is 26.9 Å². The summed E-state index contributed by atoms with van der Waals surface area (Å²) < 4.78 is 51.7. The van der Waals surface area contributed by atoms with Crippen molar-refractivity contribution in [1.82, 2.24) is 14.7 Å². The summed E-state index contributed by atoms with van der Waals surface area (Å²) in [5, 5.41) is -0.149. The molecule has 0 amide bonds. The Bertz CT molecular complexity index is 477. The van der Waals surface area contributed by atoms with Crippen molar-refractivity contribution >= 4 is 10.0 Å². The summed E-state index contributed by atoms with van der Waals surface area (Å²) in [5.41, 5.74) is 0. The highest BCUT2D eigenvalue weighted by atomic mass is 32.2. The predicted octanol–water partition coefficient (Wildman–Crippen LogP) is 1.51. The Morgan fingerprint density at radius 1 is 1.44 bits per heavy atom. The molecule has 1 aliphatic rings. The van der Waals surface area contributed by atoms with Gasteiger partial charge in [-0.1, -0.05) is 0 Å². The molecule has 8 heteroatoms. The van der Waals surface area contributed by atoms with Crippen molar-refractivity contribution in [2.24, 2.45) is 5.92 Å². The molecule has 0 aliphatic heterocycles. The molecule has 1 fully saturated rings. The molecule has 1 aromatic heterocycles. The number of nitrogens with one attached hydrogen (secondary N) is 2. The Morgan fingerprint density at radius 3 is 2.67 bits per heavy atom. The van der Waals surface area contributed by atoms with Gasteiger partial charge in [-0.2, -0.15) is 0 Å². The average Bonchev–Trinajstić information content (AvgIpc) is 2.81. The number of hydrogen-bond acceptors (Lipinski definition) is 3. The molecule has 18 heavy (non-hydrogen) atoms. The minimum Gasteiger partial charge on any atom is -0.334 e. The maximum absolute atomic E-state index is 12.9. The van der Waals surface area contributed by atoms with E-state index < -0.39 is 15.9 Å². The first kappa shape index (κ1) is 13.4. The first-order valence-corrected chi connectivity index (χ1v) is 7.24. The number of nitrogens with zero attached hydrogens (tertiary/aromatic N) is 1. The van der Waals surface area contributed by atoms with Crippen LogP contribution in [-0.2, 0) is 10.0 Å². The van der Waals surface area contributed by atoms with E-state index in [4.69, 9.17) is 0 Å². The summed E-state index contributed by atoms with van der Waals surface area (Å²) in [6, 6.07) is 0. The van der Waals surface area contributed by atoms with Crippen LogP contribution in [0.5, 0.6) is 0 Å². The minimum absolute atomic E-state index is 0.0330. The highest BCUT2D eigenvalue weighted by molar-refractivity contribution is 7.89. The molecule has 2 rings (SSSR count). The second kappa shape index (κ2) is 4.93. The molecule has 1 heterocycles. The number of sulfonamides is 1. The minimum atomic E-state index is -3.65. The summed E-state index contributed by atoms with van der Waals surface area (Å²) in [7, 11) is -3.65. The lowest BCUT2D eigenvalue weighted by molar-refractivity contribution is -0.0450. The van der Waals surface area contributed by atoms with Crippen LogP contribution in [0.4, 0.5) is 8.78 Å². The van der Waals surface area contributed by atoms with Gasteiger partial charge < -0.3 is 4.98 Å². The molecule has 102 valence electrons. The number of halogens is 2. The fourth-order valence-corrected chi connectivity index (χ4v) is 3.01. The number of aromatic nitrogens is 2. The van der Waals surface area contributed by atoms with E-state index in [2.05, 4.69) is 14.7 Å². The van der Waals surface area contributed by atoms with Crippen molar-refractivity contribution in [3.63, 3.8) is 0 Å². The molecule has 5 nitrogen and oxygen atoms in total. The number of H-pyrrole nitrogens is 1. The molecule has 0 unspecified atom stereocenters. The molecular formula is C10H15F2N3O2S. The van der Waals surface area contributed by atoms with Gasteiger partial charge in [0, 0.05) is 31.8 Å². The number of alkyl halides is 2. The number of rotatable bonds is 4. The van der Waals surface area contributed by atoms with E-state index in [1.165, 1.54) is 12.4 Å². The molecule has 0 radical (unpaired) electrons. The van der Waals surface area contributed by atoms with Crippen LogP contribution in [0.1, 0.15) is 25.7 Å². The molecule has 2 N–H and O–H groups in total. The fraction of sp³-hybridized carbons (Fsp3) is 0.700. The summed E-state index contributed by atoms with van der Waals surface area (Å²) in [6.07, 6.45) is 3.10. The van der Waals surface area contributed by atoms with Crippen LogP contribution in [0.2, 0.25) is 0 Å². The van der Waals surface area contributed by atoms with E-state index in [1.807, 2.05) is 0 Å². The monoisotopic (exact) mass is 279 g/mol. The van der Waals surface area contributed by atoms with Crippen LogP contribution in [0.3, 0.4) is 0 Å². The molecule has 0 bridgehead atoms. The van der Waals surface area contributed by atoms with Gasteiger partial charge in [-0.05, 0) is 18.8 Å². The van der Waals surface area contributed by atoms with Crippen LogP contribution in [-0.4, -0.2) is 30.9 Å². The van der Waals surface area contributed by atoms with Crippen molar-refractivity contribution in [1.29, 1.82) is 0 Å². The van der Waals surface area contributed by atoms with Crippen molar-refractivity contribution in [2.45, 2.75) is 36.8 Å². The predicted molar refractivity (Wildman–Crippen MR) is 60.7 cm³/mol. The van der Waals surface area contributed by atoms with Gasteiger partial charge in [0.1, 0.15) is 0 Å². The highest BCUT2D eigenvalue weighted by Crippen LogP contribution is 2.35. The molecule has 0 atom stereocenters. The SMILES string of the molecule is O=S(=O)(NCC1CCC(F)(F)CC1)c1ncc[nH]1. The topological polar surface area (TPSA) is 74.8 Å². The maximum Gasteiger partial charge on any atom is 0.274 e. The zero-order chi connectivity index (χ0) is 13.2. The van der Waals surface area contributed by atoms with Gasteiger partial charge >= 0.3 is 0 Å². The van der Waals surface area contributed by atoms with Gasteiger partial charge in [-0.3, -0.25) is 0 Å². The Kier molecular flexibility index (Phi) is 3.67. The lowest BCUT2D eigenvalue weighted by Crippen LogP contribution is -2.34. The third-order valence-corrected chi connectivity index (χ3v) is 4.41. The molecule has 1 saturated carbocycles.